The van der Waals surface area contributed by atoms with Gasteiger partial charge < -0.3 is 10.2 Å². The quantitative estimate of drug-likeness (QED) is 0.732. The fraction of sp³-hybridized carbons (Fsp3) is 0.545. The first-order valence-electron chi connectivity index (χ1n) is 9.80. The monoisotopic (exact) mass is 387 g/mol. The number of nitrogens with one attached hydrogen (secondary N) is 1. The predicted molar refractivity (Wildman–Crippen MR) is 117 cm³/mol. The molecular formula is C22H33N3OS. The molecule has 4 nitrogen and oxygen atoms in total. The second-order valence-electron chi connectivity index (χ2n) is 8.13. The smallest absolute Gasteiger partial charge is 0.224 e. The Kier molecular flexibility index (Phi) is 7.04. The molecule has 0 fully saturated rings. The first-order chi connectivity index (χ1) is 12.7. The van der Waals surface area contributed by atoms with Crippen molar-refractivity contribution in [3.05, 3.63) is 39.3 Å². The number of hydrogen-bond donors (Lipinski definition) is 1. The van der Waals surface area contributed by atoms with Crippen molar-refractivity contribution in [3.63, 3.8) is 0 Å². The highest BCUT2D eigenvalue weighted by Gasteiger charge is 2.21. The summed E-state index contributed by atoms with van der Waals surface area (Å²) in [6, 6.07) is 4.36. The van der Waals surface area contributed by atoms with E-state index in [0.29, 0.717) is 6.42 Å². The van der Waals surface area contributed by atoms with Gasteiger partial charge in [-0.25, -0.2) is 4.98 Å². The van der Waals surface area contributed by atoms with E-state index >= 15 is 0 Å². The molecule has 0 unspecified atom stereocenters. The molecule has 0 saturated carbocycles. The summed E-state index contributed by atoms with van der Waals surface area (Å²) >= 11 is 1.76. The molecule has 2 aromatic rings. The van der Waals surface area contributed by atoms with E-state index < -0.39 is 0 Å². The molecule has 1 aliphatic rings. The maximum atomic E-state index is 12.3. The van der Waals surface area contributed by atoms with Crippen LogP contribution >= 0.6 is 11.3 Å². The van der Waals surface area contributed by atoms with Gasteiger partial charge in [-0.3, -0.25) is 4.79 Å². The zero-order valence-electron chi connectivity index (χ0n) is 17.8. The van der Waals surface area contributed by atoms with E-state index in [0.717, 1.165) is 36.3 Å². The van der Waals surface area contributed by atoms with Gasteiger partial charge in [0.2, 0.25) is 5.91 Å². The van der Waals surface area contributed by atoms with E-state index in [1.165, 1.54) is 16.3 Å². The van der Waals surface area contributed by atoms with Crippen molar-refractivity contribution in [2.24, 2.45) is 5.41 Å². The van der Waals surface area contributed by atoms with Gasteiger partial charge >= 0.3 is 0 Å². The summed E-state index contributed by atoms with van der Waals surface area (Å²) in [6.07, 6.45) is 1.58. The van der Waals surface area contributed by atoms with Crippen molar-refractivity contribution < 1.29 is 4.79 Å². The third-order valence-corrected chi connectivity index (χ3v) is 5.45. The van der Waals surface area contributed by atoms with Crippen LogP contribution in [0.4, 0.5) is 11.4 Å². The van der Waals surface area contributed by atoms with Crippen molar-refractivity contribution in [2.45, 2.75) is 67.9 Å². The summed E-state index contributed by atoms with van der Waals surface area (Å²) in [5.74, 6) is 0.0801. The molecule has 2 heterocycles. The Labute approximate surface area is 168 Å². The van der Waals surface area contributed by atoms with E-state index in [2.05, 4.69) is 62.0 Å². The van der Waals surface area contributed by atoms with Gasteiger partial charge in [-0.05, 0) is 42.5 Å². The van der Waals surface area contributed by atoms with Gasteiger partial charge in [-0.15, -0.1) is 11.3 Å². The summed E-state index contributed by atoms with van der Waals surface area (Å²) in [5, 5.41) is 3.11. The Hall–Kier alpha value is -1.88. The molecule has 148 valence electrons. The van der Waals surface area contributed by atoms with Gasteiger partial charge in [0.05, 0.1) is 17.7 Å². The lowest BCUT2D eigenvalue weighted by molar-refractivity contribution is -0.117. The third kappa shape index (κ3) is 5.55. The second kappa shape index (κ2) is 8.87. The largest absolute Gasteiger partial charge is 0.365 e. The van der Waals surface area contributed by atoms with Gasteiger partial charge in [0.15, 0.2) is 0 Å². The van der Waals surface area contributed by atoms with Gasteiger partial charge in [0, 0.05) is 35.6 Å². The van der Waals surface area contributed by atoms with Crippen LogP contribution in [0.15, 0.2) is 17.6 Å². The summed E-state index contributed by atoms with van der Waals surface area (Å²) < 4.78 is 0. The van der Waals surface area contributed by atoms with Crippen LogP contribution < -0.4 is 10.2 Å². The normalized spacial score (nSPS) is 13.5. The minimum Gasteiger partial charge on any atom is -0.365 e. The molecule has 1 amide bonds. The molecule has 1 aliphatic heterocycles. The third-order valence-electron chi connectivity index (χ3n) is 4.51. The number of benzene rings is 1. The van der Waals surface area contributed by atoms with Crippen LogP contribution in [0.25, 0.3) is 0 Å². The average molecular weight is 388 g/mol. The molecule has 0 saturated heterocycles. The molecule has 0 aliphatic carbocycles. The fourth-order valence-corrected chi connectivity index (χ4v) is 4.10. The summed E-state index contributed by atoms with van der Waals surface area (Å²) in [5.41, 5.74) is 7.52. The minimum absolute atomic E-state index is 0.00905. The van der Waals surface area contributed by atoms with E-state index in [-0.39, 0.29) is 11.3 Å². The SMILES string of the molecule is CC.Cc1cc(N2CCc3scnc3C2)cc(C)c1NC(=O)CC(C)(C)C. The first kappa shape index (κ1) is 21.4. The summed E-state index contributed by atoms with van der Waals surface area (Å²) in [6.45, 7) is 16.3. The number of thiazole rings is 1. The number of rotatable bonds is 3. The van der Waals surface area contributed by atoms with Crippen LogP contribution in [0.5, 0.6) is 0 Å². The lowest BCUT2D eigenvalue weighted by atomic mass is 9.92. The van der Waals surface area contributed by atoms with Crippen LogP contribution in [0.2, 0.25) is 0 Å². The molecule has 1 aromatic carbocycles. The van der Waals surface area contributed by atoms with Crippen molar-refractivity contribution in [1.29, 1.82) is 0 Å². The molecule has 1 N–H and O–H groups in total. The Morgan fingerprint density at radius 1 is 1.22 bits per heavy atom. The Bertz CT molecular complexity index is 766. The molecular weight excluding hydrogens is 354 g/mol. The van der Waals surface area contributed by atoms with Crippen molar-refractivity contribution in [1.82, 2.24) is 4.98 Å². The van der Waals surface area contributed by atoms with E-state index in [4.69, 9.17) is 0 Å². The van der Waals surface area contributed by atoms with Gasteiger partial charge in [0.1, 0.15) is 0 Å². The molecule has 5 heteroatoms. The molecule has 0 spiro atoms. The zero-order chi connectivity index (χ0) is 20.2. The number of carbonyl (C=O) groups is 1. The van der Waals surface area contributed by atoms with E-state index in [1.54, 1.807) is 11.3 Å². The summed E-state index contributed by atoms with van der Waals surface area (Å²) in [4.78, 5) is 20.6. The topological polar surface area (TPSA) is 45.2 Å². The van der Waals surface area contributed by atoms with Crippen molar-refractivity contribution in [3.8, 4) is 0 Å². The number of anilines is 2. The molecule has 27 heavy (non-hydrogen) atoms. The Balaban J connectivity index is 0.00000126. The lowest BCUT2D eigenvalue weighted by Gasteiger charge is -2.29. The highest BCUT2D eigenvalue weighted by Crippen LogP contribution is 2.31. The predicted octanol–water partition coefficient (Wildman–Crippen LogP) is 5.72. The highest BCUT2D eigenvalue weighted by atomic mass is 32.1. The van der Waals surface area contributed by atoms with Crippen LogP contribution in [-0.4, -0.2) is 17.4 Å². The zero-order valence-corrected chi connectivity index (χ0v) is 18.6. The number of aryl methyl sites for hydroxylation is 2. The van der Waals surface area contributed by atoms with Gasteiger partial charge in [-0.2, -0.15) is 0 Å². The Morgan fingerprint density at radius 3 is 2.44 bits per heavy atom. The Morgan fingerprint density at radius 2 is 1.85 bits per heavy atom. The molecule has 3 rings (SSSR count). The number of nitrogens with zero attached hydrogens (tertiary/aromatic N) is 2. The maximum Gasteiger partial charge on any atom is 0.224 e. The van der Waals surface area contributed by atoms with Crippen molar-refractivity contribution >= 4 is 28.6 Å². The maximum absolute atomic E-state index is 12.3. The average Bonchev–Trinajstić information content (AvgIpc) is 3.06. The first-order valence-corrected chi connectivity index (χ1v) is 10.7. The standard InChI is InChI=1S/C20H27N3OS.C2H6/c1-13-8-15(23-7-6-17-16(11-23)21-12-25-17)9-14(2)19(13)22-18(24)10-20(3,4)5;1-2/h8-9,12H,6-7,10-11H2,1-5H3,(H,22,24);1-2H3. The molecule has 0 radical (unpaired) electrons. The van der Waals surface area contributed by atoms with Crippen LogP contribution in [0.1, 0.15) is 62.7 Å². The van der Waals surface area contributed by atoms with Crippen LogP contribution in [-0.2, 0) is 17.8 Å². The molecule has 0 atom stereocenters. The highest BCUT2D eigenvalue weighted by molar-refractivity contribution is 7.09. The number of fused-ring (bicyclic) bond motifs is 1. The number of aromatic nitrogens is 1. The van der Waals surface area contributed by atoms with Gasteiger partial charge in [0.25, 0.3) is 0 Å². The van der Waals surface area contributed by atoms with E-state index in [1.807, 2.05) is 19.4 Å². The number of hydrogen-bond acceptors (Lipinski definition) is 4. The van der Waals surface area contributed by atoms with Gasteiger partial charge in [-0.1, -0.05) is 34.6 Å². The van der Waals surface area contributed by atoms with Crippen LogP contribution in [0.3, 0.4) is 0 Å². The fourth-order valence-electron chi connectivity index (χ4n) is 3.33. The summed E-state index contributed by atoms with van der Waals surface area (Å²) in [7, 11) is 0. The second-order valence-corrected chi connectivity index (χ2v) is 9.07. The number of amides is 1. The lowest BCUT2D eigenvalue weighted by Crippen LogP contribution is -2.30. The minimum atomic E-state index is -0.00905. The molecule has 1 aromatic heterocycles. The van der Waals surface area contributed by atoms with Crippen LogP contribution in [0, 0.1) is 19.3 Å². The number of carbonyl (C=O) groups excluding carboxylic acids is 1. The van der Waals surface area contributed by atoms with E-state index in [9.17, 15) is 4.79 Å². The molecule has 0 bridgehead atoms. The van der Waals surface area contributed by atoms with Crippen molar-refractivity contribution in [2.75, 3.05) is 16.8 Å².